The van der Waals surface area contributed by atoms with E-state index in [-0.39, 0.29) is 13.2 Å². The first-order valence-electron chi connectivity index (χ1n) is 7.98. The number of aryl methyl sites for hydroxylation is 1. The lowest BCUT2D eigenvalue weighted by Crippen LogP contribution is -2.36. The molecule has 3 heterocycles. The molecule has 1 aliphatic rings. The van der Waals surface area contributed by atoms with Gasteiger partial charge in [0, 0.05) is 36.1 Å². The van der Waals surface area contributed by atoms with Crippen molar-refractivity contribution < 1.29 is 14.6 Å². The molecule has 1 saturated heterocycles. The van der Waals surface area contributed by atoms with Crippen LogP contribution >= 0.6 is 0 Å². The molecular formula is C17H22N4O3. The Hall–Kier alpha value is -2.38. The van der Waals surface area contributed by atoms with Crippen LogP contribution < -0.4 is 15.4 Å². The second kappa shape index (κ2) is 7.46. The number of nitrogens with two attached hydrogens (primary N) is 1. The summed E-state index contributed by atoms with van der Waals surface area (Å²) in [6, 6.07) is 3.94. The van der Waals surface area contributed by atoms with Crippen LogP contribution in [0.3, 0.4) is 0 Å². The van der Waals surface area contributed by atoms with E-state index < -0.39 is 0 Å². The first kappa shape index (κ1) is 16.5. The normalized spacial score (nSPS) is 14.7. The number of pyridine rings is 2. The molecule has 0 spiro atoms. The largest absolute Gasteiger partial charge is 0.474 e. The molecule has 0 bridgehead atoms. The van der Waals surface area contributed by atoms with Crippen LogP contribution in [0, 0.1) is 6.92 Å². The third-order valence-corrected chi connectivity index (χ3v) is 3.93. The van der Waals surface area contributed by atoms with Gasteiger partial charge in [-0.05, 0) is 19.1 Å². The van der Waals surface area contributed by atoms with E-state index in [1.807, 2.05) is 19.1 Å². The summed E-state index contributed by atoms with van der Waals surface area (Å²) in [6.45, 7) is 4.99. The summed E-state index contributed by atoms with van der Waals surface area (Å²) in [6.07, 6.45) is 3.40. The van der Waals surface area contributed by atoms with Crippen molar-refractivity contribution in [3.63, 3.8) is 0 Å². The number of aliphatic hydroxyl groups is 1. The lowest BCUT2D eigenvalue weighted by Gasteiger charge is -2.30. The average Bonchev–Trinajstić information content (AvgIpc) is 2.62. The predicted molar refractivity (Wildman–Crippen MR) is 92.2 cm³/mol. The van der Waals surface area contributed by atoms with Crippen molar-refractivity contribution in [1.29, 1.82) is 0 Å². The first-order chi connectivity index (χ1) is 11.7. The number of morpholine rings is 1. The van der Waals surface area contributed by atoms with Gasteiger partial charge in [0.2, 0.25) is 5.88 Å². The maximum absolute atomic E-state index is 9.02. The number of ether oxygens (including phenoxy) is 2. The summed E-state index contributed by atoms with van der Waals surface area (Å²) in [4.78, 5) is 11.0. The molecule has 0 atom stereocenters. The fourth-order valence-corrected chi connectivity index (χ4v) is 2.71. The molecule has 0 radical (unpaired) electrons. The summed E-state index contributed by atoms with van der Waals surface area (Å²) in [5.74, 6) is 0.518. The highest BCUT2D eigenvalue weighted by molar-refractivity contribution is 5.73. The molecule has 0 saturated carbocycles. The number of nitrogens with zero attached hydrogens (tertiary/aromatic N) is 3. The molecule has 3 rings (SSSR count). The Balaban J connectivity index is 2.00. The highest BCUT2D eigenvalue weighted by atomic mass is 16.5. The minimum Gasteiger partial charge on any atom is -0.474 e. The van der Waals surface area contributed by atoms with Crippen molar-refractivity contribution in [3.05, 3.63) is 30.2 Å². The molecule has 1 fully saturated rings. The van der Waals surface area contributed by atoms with Crippen molar-refractivity contribution in [2.24, 2.45) is 0 Å². The topological polar surface area (TPSA) is 93.7 Å². The molecular weight excluding hydrogens is 308 g/mol. The second-order valence-electron chi connectivity index (χ2n) is 5.62. The summed E-state index contributed by atoms with van der Waals surface area (Å²) in [5, 5.41) is 9.02. The zero-order chi connectivity index (χ0) is 16.9. The number of aliphatic hydroxyl groups excluding tert-OH is 1. The number of hydrogen-bond donors (Lipinski definition) is 2. The van der Waals surface area contributed by atoms with Gasteiger partial charge >= 0.3 is 0 Å². The van der Waals surface area contributed by atoms with E-state index in [0.717, 1.165) is 35.6 Å². The Morgan fingerprint density at radius 3 is 2.79 bits per heavy atom. The van der Waals surface area contributed by atoms with Crippen LogP contribution in [0.25, 0.3) is 11.1 Å². The standard InChI is InChI=1S/C17H22N4O3/c1-12-15(9-14(18)11-19-12)13-8-16(21-2-5-23-6-3-21)17(20-10-13)24-7-4-22/h8-11,22H,2-7,18H2,1H3. The van der Waals surface area contributed by atoms with E-state index in [2.05, 4.69) is 14.9 Å². The Morgan fingerprint density at radius 2 is 2.04 bits per heavy atom. The number of aromatic nitrogens is 2. The van der Waals surface area contributed by atoms with Crippen molar-refractivity contribution in [2.75, 3.05) is 50.2 Å². The van der Waals surface area contributed by atoms with Crippen LogP contribution in [-0.2, 0) is 4.74 Å². The molecule has 7 heteroatoms. The van der Waals surface area contributed by atoms with Crippen LogP contribution in [0.15, 0.2) is 24.5 Å². The Morgan fingerprint density at radius 1 is 1.25 bits per heavy atom. The third-order valence-electron chi connectivity index (χ3n) is 3.93. The molecule has 24 heavy (non-hydrogen) atoms. The first-order valence-corrected chi connectivity index (χ1v) is 7.98. The quantitative estimate of drug-likeness (QED) is 0.852. The minimum absolute atomic E-state index is 0.0514. The Bertz CT molecular complexity index is 702. The van der Waals surface area contributed by atoms with Gasteiger partial charge in [-0.1, -0.05) is 0 Å². The number of hydrogen-bond acceptors (Lipinski definition) is 7. The van der Waals surface area contributed by atoms with Gasteiger partial charge in [0.25, 0.3) is 0 Å². The van der Waals surface area contributed by atoms with E-state index >= 15 is 0 Å². The molecule has 1 aliphatic heterocycles. The van der Waals surface area contributed by atoms with E-state index in [9.17, 15) is 0 Å². The molecule has 3 N–H and O–H groups in total. The van der Waals surface area contributed by atoms with Gasteiger partial charge in [-0.15, -0.1) is 0 Å². The van der Waals surface area contributed by atoms with E-state index in [1.165, 1.54) is 0 Å². The van der Waals surface area contributed by atoms with Gasteiger partial charge in [-0.3, -0.25) is 4.98 Å². The SMILES string of the molecule is Cc1ncc(N)cc1-c1cnc(OCCO)c(N2CCOCC2)c1. The fourth-order valence-electron chi connectivity index (χ4n) is 2.71. The average molecular weight is 330 g/mol. The molecule has 2 aromatic rings. The number of nitrogen functional groups attached to an aromatic ring is 1. The van der Waals surface area contributed by atoms with Crippen LogP contribution in [0.1, 0.15) is 5.69 Å². The van der Waals surface area contributed by atoms with Gasteiger partial charge in [0.1, 0.15) is 12.3 Å². The van der Waals surface area contributed by atoms with Gasteiger partial charge in [-0.2, -0.15) is 0 Å². The Kier molecular flexibility index (Phi) is 5.12. The highest BCUT2D eigenvalue weighted by Crippen LogP contribution is 2.33. The zero-order valence-electron chi connectivity index (χ0n) is 13.7. The Labute approximate surface area is 141 Å². The van der Waals surface area contributed by atoms with Crippen LogP contribution in [0.2, 0.25) is 0 Å². The summed E-state index contributed by atoms with van der Waals surface area (Å²) >= 11 is 0. The molecule has 0 amide bonds. The van der Waals surface area contributed by atoms with Crippen molar-refractivity contribution in [2.45, 2.75) is 6.92 Å². The van der Waals surface area contributed by atoms with Gasteiger partial charge in [-0.25, -0.2) is 4.98 Å². The second-order valence-corrected chi connectivity index (χ2v) is 5.62. The van der Waals surface area contributed by atoms with E-state index in [1.54, 1.807) is 12.4 Å². The van der Waals surface area contributed by atoms with Crippen LogP contribution in [-0.4, -0.2) is 54.6 Å². The van der Waals surface area contributed by atoms with Crippen molar-refractivity contribution in [3.8, 4) is 17.0 Å². The molecule has 0 aliphatic carbocycles. The highest BCUT2D eigenvalue weighted by Gasteiger charge is 2.18. The van der Waals surface area contributed by atoms with Crippen LogP contribution in [0.4, 0.5) is 11.4 Å². The zero-order valence-corrected chi connectivity index (χ0v) is 13.7. The predicted octanol–water partition coefficient (Wildman–Crippen LogP) is 1.24. The van der Waals surface area contributed by atoms with Gasteiger partial charge in [0.05, 0.1) is 31.7 Å². The fraction of sp³-hybridized carbons (Fsp3) is 0.412. The van der Waals surface area contributed by atoms with Crippen molar-refractivity contribution >= 4 is 11.4 Å². The molecule has 2 aromatic heterocycles. The molecule has 128 valence electrons. The van der Waals surface area contributed by atoms with Crippen molar-refractivity contribution in [1.82, 2.24) is 9.97 Å². The monoisotopic (exact) mass is 330 g/mol. The summed E-state index contributed by atoms with van der Waals surface area (Å²) in [7, 11) is 0. The van der Waals surface area contributed by atoms with E-state index in [0.29, 0.717) is 24.8 Å². The maximum atomic E-state index is 9.02. The van der Waals surface area contributed by atoms with Gasteiger partial charge in [0.15, 0.2) is 0 Å². The lowest BCUT2D eigenvalue weighted by atomic mass is 10.1. The van der Waals surface area contributed by atoms with Gasteiger partial charge < -0.3 is 25.2 Å². The number of rotatable bonds is 5. The summed E-state index contributed by atoms with van der Waals surface area (Å²) < 4.78 is 11.0. The summed E-state index contributed by atoms with van der Waals surface area (Å²) in [5.41, 5.74) is 10.2. The molecule has 0 unspecified atom stereocenters. The third kappa shape index (κ3) is 3.58. The molecule has 7 nitrogen and oxygen atoms in total. The van der Waals surface area contributed by atoms with E-state index in [4.69, 9.17) is 20.3 Å². The lowest BCUT2D eigenvalue weighted by molar-refractivity contribution is 0.122. The van der Waals surface area contributed by atoms with Crippen LogP contribution in [0.5, 0.6) is 5.88 Å². The number of anilines is 2. The molecule has 0 aromatic carbocycles. The smallest absolute Gasteiger partial charge is 0.237 e. The minimum atomic E-state index is -0.0514. The maximum Gasteiger partial charge on any atom is 0.237 e.